The average Bonchev–Trinajstić information content (AvgIpc) is 1.12. The van der Waals surface area contributed by atoms with E-state index < -0.39 is 18.2 Å². The van der Waals surface area contributed by atoms with Gasteiger partial charge in [0.25, 0.3) is 0 Å². The molecule has 0 heterocycles. The van der Waals surface area contributed by atoms with Crippen LogP contribution in [0.5, 0.6) is 0 Å². The topological polar surface area (TPSA) is 152 Å². The second-order valence-corrected chi connectivity index (χ2v) is 2.88. The third kappa shape index (κ3) is 293. The molecule has 13 heavy (non-hydrogen) atoms. The summed E-state index contributed by atoms with van der Waals surface area (Å²) >= 11 is 0. The van der Waals surface area contributed by atoms with Gasteiger partial charge in [-0.15, -0.1) is 0 Å². The second-order valence-electron chi connectivity index (χ2n) is 0.961. The van der Waals surface area contributed by atoms with E-state index in [1.54, 1.807) is 0 Å². The maximum atomic E-state index is 8.88. The van der Waals surface area contributed by atoms with Crippen molar-refractivity contribution in [2.75, 3.05) is 0 Å². The van der Waals surface area contributed by atoms with Gasteiger partial charge in [0.2, 0.25) is 0 Å². The van der Waals surface area contributed by atoms with Gasteiger partial charge in [-0.3, -0.25) is 9.11 Å². The summed E-state index contributed by atoms with van der Waals surface area (Å²) in [5, 5.41) is 0. The van der Waals surface area contributed by atoms with Crippen LogP contribution in [0.15, 0.2) is 0 Å². The van der Waals surface area contributed by atoms with Crippen molar-refractivity contribution in [3.05, 3.63) is 0 Å². The molecule has 0 aromatic carbocycles. The van der Waals surface area contributed by atoms with Gasteiger partial charge in [0, 0.05) is 0 Å². The first-order valence-corrected chi connectivity index (χ1v) is 4.44. The van der Waals surface area contributed by atoms with Crippen molar-refractivity contribution < 1.29 is 36.8 Å². The minimum absolute atomic E-state index is 0. The second kappa shape index (κ2) is 13.0. The molecule has 0 aliphatic rings. The van der Waals surface area contributed by atoms with E-state index in [1.165, 1.54) is 0 Å². The van der Waals surface area contributed by atoms with Crippen LogP contribution in [-0.2, 0) is 15.0 Å². The number of rotatable bonds is 0. The van der Waals surface area contributed by atoms with Crippen LogP contribution < -0.4 is 0 Å². The minimum atomic E-state index is -4.67. The van der Waals surface area contributed by atoms with Crippen molar-refractivity contribution in [1.82, 2.24) is 0 Å². The number of hydrogen-bond donors (Lipinski definition) is 5. The molecule has 13 heteroatoms. The molecule has 0 saturated carbocycles. The quantitative estimate of drug-likeness (QED) is 0.121. The van der Waals surface area contributed by atoms with Crippen molar-refractivity contribution in [2.45, 2.75) is 0 Å². The Morgan fingerprint density at radius 1 is 1.00 bits per heavy atom. The summed E-state index contributed by atoms with van der Waals surface area (Å²) in [6, 6.07) is 0. The zero-order valence-corrected chi connectivity index (χ0v) is 12.2. The Hall–Kier alpha value is 2.92. The molecule has 80 valence electrons. The molecule has 2 radical (unpaired) electrons. The van der Waals surface area contributed by atoms with Gasteiger partial charge in [-0.05, 0) is 0 Å². The molecule has 8 nitrogen and oxygen atoms in total. The Kier molecular flexibility index (Phi) is 29.7. The van der Waals surface area contributed by atoms with E-state index in [2.05, 4.69) is 0 Å². The predicted octanol–water partition coefficient (Wildman–Crippen LogP) is -4.60. The summed E-state index contributed by atoms with van der Waals surface area (Å²) in [5.74, 6) is 0. The van der Waals surface area contributed by atoms with Crippen molar-refractivity contribution in [2.24, 2.45) is 0 Å². The fourth-order valence-corrected chi connectivity index (χ4v) is 0. The van der Waals surface area contributed by atoms with Gasteiger partial charge in [-0.1, -0.05) is 0 Å². The number of phosphoric acid groups is 1. The molecule has 0 aromatic rings. The van der Waals surface area contributed by atoms with Crippen LogP contribution in [0.3, 0.4) is 0 Å². The van der Waals surface area contributed by atoms with Crippen molar-refractivity contribution in [3.8, 4) is 0 Å². The summed E-state index contributed by atoms with van der Waals surface area (Å²) in [4.78, 5) is 21.6. The van der Waals surface area contributed by atoms with E-state index in [0.29, 0.717) is 0 Å². The van der Waals surface area contributed by atoms with Gasteiger partial charge < -0.3 is 14.7 Å². The summed E-state index contributed by atoms with van der Waals surface area (Å²) in [5.41, 5.74) is 0. The van der Waals surface area contributed by atoms with Gasteiger partial charge in [0.1, 0.15) is 0 Å². The van der Waals surface area contributed by atoms with Crippen molar-refractivity contribution in [1.29, 1.82) is 0 Å². The molecule has 0 saturated heterocycles. The summed E-state index contributed by atoms with van der Waals surface area (Å²) in [7, 11) is -9.31. The summed E-state index contributed by atoms with van der Waals surface area (Å²) in [6.45, 7) is 0. The van der Waals surface area contributed by atoms with Crippen LogP contribution >= 0.6 is 7.82 Å². The molecule has 0 spiro atoms. The Labute approximate surface area is 142 Å². The van der Waals surface area contributed by atoms with E-state index in [4.69, 9.17) is 36.8 Å². The monoisotopic (exact) mass is 526 g/mol. The molecule has 0 bridgehead atoms. The van der Waals surface area contributed by atoms with Crippen LogP contribution in [0, 0.1) is 0 Å². The molecule has 0 amide bonds. The number of hydrogen-bond acceptors (Lipinski definition) is 3. The SMILES string of the molecule is O=P(O)(O)O.O=S(=O)(O)O.[AlH3].[PbH2].[SrH2]. The molecule has 0 aliphatic carbocycles. The molecule has 0 fully saturated rings. The van der Waals surface area contributed by atoms with Crippen LogP contribution in [0.4, 0.5) is 0 Å². The molecule has 0 unspecified atom stereocenters. The third-order valence-electron chi connectivity index (χ3n) is 0. The average molecular weight is 525 g/mol. The van der Waals surface area contributed by atoms with Crippen LogP contribution in [0.25, 0.3) is 0 Å². The van der Waals surface area contributed by atoms with Crippen molar-refractivity contribution in [3.63, 3.8) is 0 Å². The first-order valence-electron chi connectivity index (χ1n) is 1.48. The van der Waals surface area contributed by atoms with Gasteiger partial charge in [-0.25, -0.2) is 4.57 Å². The van der Waals surface area contributed by atoms with E-state index in [-0.39, 0.29) is 90.1 Å². The fraction of sp³-hybridized carbons (Fsp3) is 0. The van der Waals surface area contributed by atoms with E-state index >= 15 is 0 Å². The molecular weight excluding hydrogens is 513 g/mol. The zero-order valence-electron chi connectivity index (χ0n) is 5.02. The maximum absolute atomic E-state index is 8.88. The Morgan fingerprint density at radius 3 is 1.00 bits per heavy atom. The van der Waals surface area contributed by atoms with E-state index in [9.17, 15) is 0 Å². The molecular formula is H12AlO8PPbSSr. The van der Waals surface area contributed by atoms with Gasteiger partial charge in [-0.2, -0.15) is 8.42 Å². The predicted molar refractivity (Wildman–Crippen MR) is 55.5 cm³/mol. The molecule has 0 aliphatic heterocycles. The Balaban J connectivity index is -0.0000000267. The zero-order chi connectivity index (χ0) is 9.00. The van der Waals surface area contributed by atoms with Gasteiger partial charge in [0.15, 0.2) is 17.4 Å². The first-order chi connectivity index (χ1) is 4.00. The van der Waals surface area contributed by atoms with Gasteiger partial charge >= 0.3 is 91.0 Å². The normalized spacial score (nSPS) is 9.00. The van der Waals surface area contributed by atoms with Gasteiger partial charge in [0.05, 0.1) is 0 Å². The summed E-state index contributed by atoms with van der Waals surface area (Å²) in [6.07, 6.45) is 0. The molecule has 0 atom stereocenters. The molecule has 0 rings (SSSR count). The molecule has 5 N–H and O–H groups in total. The van der Waals surface area contributed by atoms with Crippen molar-refractivity contribution >= 4 is 108 Å². The van der Waals surface area contributed by atoms with Crippen LogP contribution in [-0.4, -0.2) is 122 Å². The molecule has 0 aromatic heterocycles. The van der Waals surface area contributed by atoms with Crippen LogP contribution in [0.1, 0.15) is 0 Å². The Morgan fingerprint density at radius 2 is 1.00 bits per heavy atom. The Bertz CT molecular complexity index is 202. The standard InChI is InChI=1S/Al.H3O4P.H2O4S.Pb.Sr.7H/c;2*1-5(2,3)4;;;;;;;;;/h;(H3,1,2,3,4);(H2,1,2,3,4);;;;;;;;;. The fourth-order valence-electron chi connectivity index (χ4n) is 0. The van der Waals surface area contributed by atoms with Crippen LogP contribution in [0.2, 0.25) is 0 Å². The van der Waals surface area contributed by atoms with E-state index in [0.717, 1.165) is 0 Å². The third-order valence-corrected chi connectivity index (χ3v) is 0. The van der Waals surface area contributed by atoms with E-state index in [1.807, 2.05) is 0 Å². The summed E-state index contributed by atoms with van der Waals surface area (Å²) < 4.78 is 40.5. The first kappa shape index (κ1) is 29.7.